The van der Waals surface area contributed by atoms with Crippen LogP contribution in [0.5, 0.6) is 11.5 Å². The number of aliphatic hydroxyl groups excluding tert-OH is 2. The van der Waals surface area contributed by atoms with Gasteiger partial charge in [0.05, 0.1) is 12.2 Å². The summed E-state index contributed by atoms with van der Waals surface area (Å²) in [5.41, 5.74) is 0. The van der Waals surface area contributed by atoms with Crippen LogP contribution in [0.2, 0.25) is 0 Å². The average Bonchev–Trinajstić information content (AvgIpc) is 2.77. The Labute approximate surface area is 110 Å². The largest absolute Gasteiger partial charge is 0.485 e. The number of rotatable bonds is 1. The van der Waals surface area contributed by atoms with Gasteiger partial charge in [-0.05, 0) is 12.1 Å². The van der Waals surface area contributed by atoms with Gasteiger partial charge in [0.1, 0.15) is 6.61 Å². The van der Waals surface area contributed by atoms with E-state index < -0.39 is 18.3 Å². The van der Waals surface area contributed by atoms with Crippen LogP contribution in [-0.4, -0.2) is 59.0 Å². The predicted octanol–water partition coefficient (Wildman–Crippen LogP) is -0.610. The molecule has 6 nitrogen and oxygen atoms in total. The van der Waals surface area contributed by atoms with Gasteiger partial charge in [0.2, 0.25) is 6.10 Å². The van der Waals surface area contributed by atoms with Gasteiger partial charge in [-0.3, -0.25) is 4.79 Å². The summed E-state index contributed by atoms with van der Waals surface area (Å²) in [6.07, 6.45) is -2.51. The molecule has 3 atom stereocenters. The lowest BCUT2D eigenvalue weighted by Gasteiger charge is -2.28. The maximum atomic E-state index is 12.2. The second-order valence-electron chi connectivity index (χ2n) is 4.74. The number of β-amino-alcohol motifs (C(OH)–C–C–N with tert-alkyl or cyclic N) is 2. The van der Waals surface area contributed by atoms with E-state index in [4.69, 9.17) is 9.47 Å². The van der Waals surface area contributed by atoms with Crippen LogP contribution >= 0.6 is 0 Å². The number of aliphatic hydroxyl groups is 2. The number of para-hydroxylation sites is 2. The third kappa shape index (κ3) is 2.24. The Morgan fingerprint density at radius 3 is 2.47 bits per heavy atom. The Balaban J connectivity index is 1.70. The molecule has 1 aromatic carbocycles. The van der Waals surface area contributed by atoms with Crippen LogP contribution in [0, 0.1) is 0 Å². The van der Waals surface area contributed by atoms with Crippen LogP contribution < -0.4 is 9.47 Å². The number of hydrogen-bond donors (Lipinski definition) is 2. The summed E-state index contributed by atoms with van der Waals surface area (Å²) in [6, 6.07) is 7.15. The zero-order chi connectivity index (χ0) is 13.4. The third-order valence-electron chi connectivity index (χ3n) is 3.35. The number of amides is 1. The molecule has 1 amide bonds. The van der Waals surface area contributed by atoms with Gasteiger partial charge in [-0.25, -0.2) is 0 Å². The first-order chi connectivity index (χ1) is 9.15. The van der Waals surface area contributed by atoms with Crippen molar-refractivity contribution in [1.82, 2.24) is 4.90 Å². The minimum absolute atomic E-state index is 0.126. The number of ether oxygens (including phenoxy) is 2. The van der Waals surface area contributed by atoms with Crippen LogP contribution in [0.3, 0.4) is 0 Å². The summed E-state index contributed by atoms with van der Waals surface area (Å²) in [5.74, 6) is 0.880. The van der Waals surface area contributed by atoms with E-state index in [0.29, 0.717) is 11.5 Å². The first-order valence-corrected chi connectivity index (χ1v) is 6.18. The van der Waals surface area contributed by atoms with Crippen molar-refractivity contribution in [2.75, 3.05) is 19.7 Å². The third-order valence-corrected chi connectivity index (χ3v) is 3.35. The van der Waals surface area contributed by atoms with Crippen LogP contribution in [0.4, 0.5) is 0 Å². The topological polar surface area (TPSA) is 79.2 Å². The first-order valence-electron chi connectivity index (χ1n) is 6.18. The fraction of sp³-hybridized carbons (Fsp3) is 0.462. The number of nitrogens with zero attached hydrogens (tertiary/aromatic N) is 1. The molecule has 19 heavy (non-hydrogen) atoms. The van der Waals surface area contributed by atoms with Crippen LogP contribution in [0.25, 0.3) is 0 Å². The number of carbonyl (C=O) groups is 1. The lowest BCUT2D eigenvalue weighted by Crippen LogP contribution is -2.46. The van der Waals surface area contributed by atoms with Gasteiger partial charge in [-0.15, -0.1) is 0 Å². The number of likely N-dealkylation sites (tertiary alicyclic amines) is 1. The Kier molecular flexibility index (Phi) is 3.04. The van der Waals surface area contributed by atoms with Gasteiger partial charge >= 0.3 is 0 Å². The second kappa shape index (κ2) is 4.71. The summed E-state index contributed by atoms with van der Waals surface area (Å²) in [7, 11) is 0. The molecule has 0 aliphatic carbocycles. The van der Waals surface area contributed by atoms with Crippen molar-refractivity contribution in [3.05, 3.63) is 24.3 Å². The lowest BCUT2D eigenvalue weighted by atomic mass is 10.2. The molecule has 1 saturated heterocycles. The minimum Gasteiger partial charge on any atom is -0.485 e. The lowest BCUT2D eigenvalue weighted by molar-refractivity contribution is -0.140. The van der Waals surface area contributed by atoms with E-state index in [1.807, 2.05) is 6.07 Å². The monoisotopic (exact) mass is 265 g/mol. The fourth-order valence-corrected chi connectivity index (χ4v) is 2.29. The molecule has 2 heterocycles. The number of fused-ring (bicyclic) bond motifs is 1. The highest BCUT2D eigenvalue weighted by Crippen LogP contribution is 2.31. The predicted molar refractivity (Wildman–Crippen MR) is 64.9 cm³/mol. The molecule has 1 aromatic rings. The summed E-state index contributed by atoms with van der Waals surface area (Å²) in [6.45, 7) is 0.390. The van der Waals surface area contributed by atoms with E-state index in [9.17, 15) is 15.0 Å². The molecule has 0 spiro atoms. The van der Waals surface area contributed by atoms with Gasteiger partial charge in [0, 0.05) is 13.1 Å². The van der Waals surface area contributed by atoms with Crippen molar-refractivity contribution >= 4 is 5.91 Å². The van der Waals surface area contributed by atoms with Crippen LogP contribution in [-0.2, 0) is 4.79 Å². The second-order valence-corrected chi connectivity index (χ2v) is 4.74. The summed E-state index contributed by atoms with van der Waals surface area (Å²) >= 11 is 0. The molecule has 2 aliphatic rings. The zero-order valence-electron chi connectivity index (χ0n) is 10.2. The summed E-state index contributed by atoms with van der Waals surface area (Å²) in [5, 5.41) is 18.9. The Morgan fingerprint density at radius 1 is 1.16 bits per heavy atom. The molecule has 0 bridgehead atoms. The number of hydrogen-bond acceptors (Lipinski definition) is 5. The van der Waals surface area contributed by atoms with Crippen LogP contribution in [0.15, 0.2) is 24.3 Å². The van der Waals surface area contributed by atoms with E-state index in [0.717, 1.165) is 0 Å². The van der Waals surface area contributed by atoms with Crippen molar-refractivity contribution in [2.45, 2.75) is 18.3 Å². The molecule has 2 N–H and O–H groups in total. The molecule has 0 radical (unpaired) electrons. The smallest absolute Gasteiger partial charge is 0.267 e. The highest BCUT2D eigenvalue weighted by Gasteiger charge is 2.38. The van der Waals surface area contributed by atoms with Crippen molar-refractivity contribution in [3.8, 4) is 11.5 Å². The average molecular weight is 265 g/mol. The van der Waals surface area contributed by atoms with Crippen molar-refractivity contribution in [1.29, 1.82) is 0 Å². The molecular formula is C13H15NO5. The standard InChI is InChI=1S/C13H15NO5/c15-8-5-14(6-9(8)16)13(17)12-7-18-10-3-1-2-4-11(10)19-12/h1-4,8-9,12,15-16H,5-7H2/t8-,9+,12?. The van der Waals surface area contributed by atoms with Crippen molar-refractivity contribution in [3.63, 3.8) is 0 Å². The fourth-order valence-electron chi connectivity index (χ4n) is 2.29. The van der Waals surface area contributed by atoms with Crippen LogP contribution in [0.1, 0.15) is 0 Å². The molecule has 6 heteroatoms. The van der Waals surface area contributed by atoms with Crippen molar-refractivity contribution < 1.29 is 24.5 Å². The molecule has 0 saturated carbocycles. The van der Waals surface area contributed by atoms with Gasteiger partial charge in [-0.2, -0.15) is 0 Å². The van der Waals surface area contributed by atoms with E-state index in [1.165, 1.54) is 4.90 Å². The number of carbonyl (C=O) groups excluding carboxylic acids is 1. The first kappa shape index (κ1) is 12.3. The Morgan fingerprint density at radius 2 is 1.79 bits per heavy atom. The Bertz CT molecular complexity index is 482. The van der Waals surface area contributed by atoms with E-state index in [-0.39, 0.29) is 25.6 Å². The van der Waals surface area contributed by atoms with Crippen molar-refractivity contribution in [2.24, 2.45) is 0 Å². The molecular weight excluding hydrogens is 250 g/mol. The SMILES string of the molecule is O=C(C1COc2ccccc2O1)N1C[C@@H](O)[C@@H](O)C1. The quantitative estimate of drug-likeness (QED) is 0.708. The molecule has 0 aromatic heterocycles. The maximum Gasteiger partial charge on any atom is 0.267 e. The van der Waals surface area contributed by atoms with E-state index in [2.05, 4.69) is 0 Å². The zero-order valence-corrected chi connectivity index (χ0v) is 10.2. The van der Waals surface area contributed by atoms with Gasteiger partial charge in [0.25, 0.3) is 5.91 Å². The molecule has 1 unspecified atom stereocenters. The molecule has 1 fully saturated rings. The summed E-state index contributed by atoms with van der Waals surface area (Å²) in [4.78, 5) is 13.6. The van der Waals surface area contributed by atoms with E-state index >= 15 is 0 Å². The highest BCUT2D eigenvalue weighted by molar-refractivity contribution is 5.82. The summed E-state index contributed by atoms with van der Waals surface area (Å²) < 4.78 is 11.1. The number of benzene rings is 1. The maximum absolute atomic E-state index is 12.2. The molecule has 2 aliphatic heterocycles. The van der Waals surface area contributed by atoms with Gasteiger partial charge in [-0.1, -0.05) is 12.1 Å². The van der Waals surface area contributed by atoms with Gasteiger partial charge in [0.15, 0.2) is 11.5 Å². The Hall–Kier alpha value is -1.79. The normalized spacial score (nSPS) is 29.4. The van der Waals surface area contributed by atoms with E-state index in [1.54, 1.807) is 18.2 Å². The van der Waals surface area contributed by atoms with Gasteiger partial charge < -0.3 is 24.6 Å². The molecule has 102 valence electrons. The molecule has 3 rings (SSSR count). The highest BCUT2D eigenvalue weighted by atomic mass is 16.6. The minimum atomic E-state index is -0.888.